The molecule has 0 aliphatic carbocycles. The second-order valence-corrected chi connectivity index (χ2v) is 6.26. The molecule has 0 radical (unpaired) electrons. The Bertz CT molecular complexity index is 644. The largest absolute Gasteiger partial charge is 0.329 e. The summed E-state index contributed by atoms with van der Waals surface area (Å²) in [7, 11) is 0. The summed E-state index contributed by atoms with van der Waals surface area (Å²) in [4.78, 5) is 14.3. The Balaban J connectivity index is 1.90. The molecular weight excluding hydrogens is 345 g/mol. The van der Waals surface area contributed by atoms with E-state index < -0.39 is 0 Å². The lowest BCUT2D eigenvalue weighted by atomic mass is 10.2. The topological polar surface area (TPSA) is 58.4 Å². The van der Waals surface area contributed by atoms with Gasteiger partial charge in [0.05, 0.1) is 15.7 Å². The van der Waals surface area contributed by atoms with Crippen LogP contribution in [0.1, 0.15) is 12.0 Å². The molecule has 0 aliphatic heterocycles. The first kappa shape index (κ1) is 18.7. The number of carbonyl (C=O) groups excluding carboxylic acids is 1. The normalized spacial score (nSPS) is 10.8. The molecule has 0 atom stereocenters. The van der Waals surface area contributed by atoms with Gasteiger partial charge in [-0.25, -0.2) is 0 Å². The maximum absolute atomic E-state index is 12.2. The van der Waals surface area contributed by atoms with E-state index in [1.807, 2.05) is 18.2 Å². The third-order valence-electron chi connectivity index (χ3n) is 3.58. The molecule has 0 saturated carbocycles. The third kappa shape index (κ3) is 5.80. The Kier molecular flexibility index (Phi) is 7.53. The molecule has 0 aromatic heterocycles. The van der Waals surface area contributed by atoms with Crippen molar-refractivity contribution in [2.45, 2.75) is 13.0 Å². The predicted molar refractivity (Wildman–Crippen MR) is 100 cm³/mol. The zero-order chi connectivity index (χ0) is 17.4. The van der Waals surface area contributed by atoms with E-state index in [1.165, 1.54) is 5.56 Å². The van der Waals surface area contributed by atoms with Crippen LogP contribution in [0.5, 0.6) is 0 Å². The Labute approximate surface area is 152 Å². The highest BCUT2D eigenvalue weighted by Gasteiger charge is 2.12. The number of carbonyl (C=O) groups is 1. The first-order valence-corrected chi connectivity index (χ1v) is 8.56. The molecule has 0 aliphatic rings. The number of nitrogens with two attached hydrogens (primary N) is 1. The summed E-state index contributed by atoms with van der Waals surface area (Å²) in [5.41, 5.74) is 7.33. The van der Waals surface area contributed by atoms with Crippen molar-refractivity contribution in [3.8, 4) is 0 Å². The van der Waals surface area contributed by atoms with Crippen LogP contribution in [-0.2, 0) is 11.3 Å². The SMILES string of the molecule is NCCN(CCC(=O)Nc1c(Cl)cccc1Cl)Cc1ccccc1. The van der Waals surface area contributed by atoms with Crippen molar-refractivity contribution < 1.29 is 4.79 Å². The molecule has 0 heterocycles. The number of benzene rings is 2. The van der Waals surface area contributed by atoms with Crippen molar-refractivity contribution in [2.24, 2.45) is 5.73 Å². The van der Waals surface area contributed by atoms with Crippen LogP contribution in [0.3, 0.4) is 0 Å². The van der Waals surface area contributed by atoms with Crippen LogP contribution >= 0.6 is 23.2 Å². The van der Waals surface area contributed by atoms with Crippen LogP contribution < -0.4 is 11.1 Å². The highest BCUT2D eigenvalue weighted by Crippen LogP contribution is 2.29. The van der Waals surface area contributed by atoms with Crippen LogP contribution in [0.4, 0.5) is 5.69 Å². The lowest BCUT2D eigenvalue weighted by Gasteiger charge is -2.21. The van der Waals surface area contributed by atoms with Gasteiger partial charge in [-0.05, 0) is 17.7 Å². The average molecular weight is 366 g/mol. The van der Waals surface area contributed by atoms with Gasteiger partial charge in [-0.15, -0.1) is 0 Å². The van der Waals surface area contributed by atoms with Crippen molar-refractivity contribution in [1.29, 1.82) is 0 Å². The predicted octanol–water partition coefficient (Wildman–Crippen LogP) is 3.78. The first-order valence-electron chi connectivity index (χ1n) is 7.80. The van der Waals surface area contributed by atoms with Gasteiger partial charge in [-0.2, -0.15) is 0 Å². The van der Waals surface area contributed by atoms with E-state index in [1.54, 1.807) is 18.2 Å². The molecule has 0 spiro atoms. The fourth-order valence-corrected chi connectivity index (χ4v) is 2.86. The van der Waals surface area contributed by atoms with Crippen molar-refractivity contribution >= 4 is 34.8 Å². The number of anilines is 1. The highest BCUT2D eigenvalue weighted by molar-refractivity contribution is 6.39. The van der Waals surface area contributed by atoms with Gasteiger partial charge in [-0.3, -0.25) is 9.69 Å². The van der Waals surface area contributed by atoms with Gasteiger partial charge in [0.15, 0.2) is 0 Å². The van der Waals surface area contributed by atoms with Crippen LogP contribution in [0.25, 0.3) is 0 Å². The monoisotopic (exact) mass is 365 g/mol. The molecular formula is C18H21Cl2N3O. The quantitative estimate of drug-likeness (QED) is 0.748. The van der Waals surface area contributed by atoms with Gasteiger partial charge in [0, 0.05) is 32.6 Å². The summed E-state index contributed by atoms with van der Waals surface area (Å²) in [6.07, 6.45) is 0.342. The maximum Gasteiger partial charge on any atom is 0.225 e. The molecule has 0 saturated heterocycles. The number of nitrogens with zero attached hydrogens (tertiary/aromatic N) is 1. The second-order valence-electron chi connectivity index (χ2n) is 5.45. The Morgan fingerprint density at radius 2 is 1.67 bits per heavy atom. The van der Waals surface area contributed by atoms with E-state index in [2.05, 4.69) is 22.3 Å². The zero-order valence-corrected chi connectivity index (χ0v) is 14.9. The Hall–Kier alpha value is -1.59. The first-order chi connectivity index (χ1) is 11.6. The van der Waals surface area contributed by atoms with E-state index in [9.17, 15) is 4.79 Å². The number of amides is 1. The number of hydrogen-bond donors (Lipinski definition) is 2. The van der Waals surface area contributed by atoms with Gasteiger partial charge >= 0.3 is 0 Å². The van der Waals surface area contributed by atoms with Crippen molar-refractivity contribution in [3.05, 3.63) is 64.1 Å². The fraction of sp³-hybridized carbons (Fsp3) is 0.278. The summed E-state index contributed by atoms with van der Waals surface area (Å²) in [6.45, 7) is 2.65. The summed E-state index contributed by atoms with van der Waals surface area (Å²) >= 11 is 12.1. The van der Waals surface area contributed by atoms with Gasteiger partial charge < -0.3 is 11.1 Å². The lowest BCUT2D eigenvalue weighted by Crippen LogP contribution is -2.32. The smallest absolute Gasteiger partial charge is 0.225 e. The van der Waals surface area contributed by atoms with E-state index in [-0.39, 0.29) is 5.91 Å². The number of halogens is 2. The standard InChI is InChI=1S/C18H21Cl2N3O/c19-15-7-4-8-16(20)18(15)22-17(24)9-11-23(12-10-21)13-14-5-2-1-3-6-14/h1-8H,9-13,21H2,(H,22,24). The molecule has 4 nitrogen and oxygen atoms in total. The third-order valence-corrected chi connectivity index (χ3v) is 4.21. The number of nitrogens with one attached hydrogen (secondary N) is 1. The maximum atomic E-state index is 12.2. The minimum atomic E-state index is -0.125. The average Bonchev–Trinajstić information content (AvgIpc) is 2.57. The van der Waals surface area contributed by atoms with E-state index in [0.29, 0.717) is 35.2 Å². The van der Waals surface area contributed by atoms with Gasteiger partial charge in [0.25, 0.3) is 0 Å². The molecule has 0 unspecified atom stereocenters. The van der Waals surface area contributed by atoms with Crippen molar-refractivity contribution in [3.63, 3.8) is 0 Å². The summed E-state index contributed by atoms with van der Waals surface area (Å²) in [6, 6.07) is 15.2. The van der Waals surface area contributed by atoms with Gasteiger partial charge in [-0.1, -0.05) is 59.6 Å². The molecule has 0 bridgehead atoms. The van der Waals surface area contributed by atoms with Crippen LogP contribution in [0.2, 0.25) is 10.0 Å². The lowest BCUT2D eigenvalue weighted by molar-refractivity contribution is -0.116. The number of hydrogen-bond acceptors (Lipinski definition) is 3. The molecule has 24 heavy (non-hydrogen) atoms. The minimum Gasteiger partial charge on any atom is -0.329 e. The van der Waals surface area contributed by atoms with Crippen LogP contribution in [0, 0.1) is 0 Å². The molecule has 6 heteroatoms. The molecule has 3 N–H and O–H groups in total. The molecule has 2 aromatic rings. The molecule has 0 fully saturated rings. The number of para-hydroxylation sites is 1. The van der Waals surface area contributed by atoms with Crippen molar-refractivity contribution in [2.75, 3.05) is 25.0 Å². The van der Waals surface area contributed by atoms with Gasteiger partial charge in [0.2, 0.25) is 5.91 Å². The van der Waals surface area contributed by atoms with E-state index in [0.717, 1.165) is 13.1 Å². The summed E-state index contributed by atoms with van der Waals surface area (Å²) in [5.74, 6) is -0.125. The fourth-order valence-electron chi connectivity index (χ4n) is 2.37. The summed E-state index contributed by atoms with van der Waals surface area (Å²) < 4.78 is 0. The Morgan fingerprint density at radius 1 is 1.00 bits per heavy atom. The van der Waals surface area contributed by atoms with E-state index >= 15 is 0 Å². The van der Waals surface area contributed by atoms with E-state index in [4.69, 9.17) is 28.9 Å². The molecule has 2 aromatic carbocycles. The molecule has 128 valence electrons. The highest BCUT2D eigenvalue weighted by atomic mass is 35.5. The van der Waals surface area contributed by atoms with Crippen molar-refractivity contribution in [1.82, 2.24) is 4.90 Å². The zero-order valence-electron chi connectivity index (χ0n) is 13.3. The van der Waals surface area contributed by atoms with Gasteiger partial charge in [0.1, 0.15) is 0 Å². The summed E-state index contributed by atoms with van der Waals surface area (Å²) in [5, 5.41) is 3.64. The number of rotatable bonds is 8. The molecule has 2 rings (SSSR count). The second kappa shape index (κ2) is 9.64. The Morgan fingerprint density at radius 3 is 2.29 bits per heavy atom. The molecule has 1 amide bonds. The van der Waals surface area contributed by atoms with Crippen LogP contribution in [-0.4, -0.2) is 30.4 Å². The minimum absolute atomic E-state index is 0.125. The van der Waals surface area contributed by atoms with Crippen LogP contribution in [0.15, 0.2) is 48.5 Å².